The molecule has 0 fully saturated rings. The molecule has 0 saturated carbocycles. The lowest BCUT2D eigenvalue weighted by molar-refractivity contribution is 0.0808. The second-order valence-corrected chi connectivity index (χ2v) is 4.74. The quantitative estimate of drug-likeness (QED) is 0.823. The predicted molar refractivity (Wildman–Crippen MR) is 59.2 cm³/mol. The second kappa shape index (κ2) is 3.75. The van der Waals surface area contributed by atoms with Crippen LogP contribution >= 0.6 is 22.6 Å². The van der Waals surface area contributed by atoms with Crippen LogP contribution in [0.2, 0.25) is 0 Å². The standard InChI is InChI=1S/C10H13IO/c1-10(2,12)7-8-5-3-4-6-9(8)11/h3-6,12H,7H2,1-2H3. The minimum atomic E-state index is -0.610. The molecule has 1 rings (SSSR count). The number of rotatable bonds is 2. The van der Waals surface area contributed by atoms with Crippen molar-refractivity contribution in [3.63, 3.8) is 0 Å². The number of aliphatic hydroxyl groups is 1. The molecule has 0 spiro atoms. The summed E-state index contributed by atoms with van der Waals surface area (Å²) in [6.07, 6.45) is 0.714. The van der Waals surface area contributed by atoms with Crippen LogP contribution in [0.1, 0.15) is 19.4 Å². The summed E-state index contributed by atoms with van der Waals surface area (Å²) in [6.45, 7) is 3.66. The maximum Gasteiger partial charge on any atom is 0.0632 e. The van der Waals surface area contributed by atoms with E-state index in [0.29, 0.717) is 6.42 Å². The van der Waals surface area contributed by atoms with Gasteiger partial charge in [-0.1, -0.05) is 18.2 Å². The fraction of sp³-hybridized carbons (Fsp3) is 0.400. The van der Waals surface area contributed by atoms with Gasteiger partial charge in [-0.15, -0.1) is 0 Å². The van der Waals surface area contributed by atoms with Gasteiger partial charge in [0.2, 0.25) is 0 Å². The van der Waals surface area contributed by atoms with Crippen LogP contribution in [0.15, 0.2) is 24.3 Å². The highest BCUT2D eigenvalue weighted by atomic mass is 127. The highest BCUT2D eigenvalue weighted by Crippen LogP contribution is 2.17. The van der Waals surface area contributed by atoms with Crippen molar-refractivity contribution in [2.24, 2.45) is 0 Å². The van der Waals surface area contributed by atoms with E-state index in [2.05, 4.69) is 34.7 Å². The molecule has 0 aliphatic heterocycles. The molecule has 0 unspecified atom stereocenters. The van der Waals surface area contributed by atoms with E-state index in [-0.39, 0.29) is 0 Å². The molecule has 12 heavy (non-hydrogen) atoms. The lowest BCUT2D eigenvalue weighted by atomic mass is 9.99. The van der Waals surface area contributed by atoms with Crippen LogP contribution in [0.4, 0.5) is 0 Å². The largest absolute Gasteiger partial charge is 0.390 e. The maximum absolute atomic E-state index is 9.59. The summed E-state index contributed by atoms with van der Waals surface area (Å²) >= 11 is 2.29. The number of hydrogen-bond acceptors (Lipinski definition) is 1. The SMILES string of the molecule is CC(C)(O)Cc1ccccc1I. The molecule has 0 aliphatic carbocycles. The molecule has 0 bridgehead atoms. The summed E-state index contributed by atoms with van der Waals surface area (Å²) in [6, 6.07) is 8.13. The molecule has 66 valence electrons. The summed E-state index contributed by atoms with van der Waals surface area (Å²) in [5.41, 5.74) is 0.604. The van der Waals surface area contributed by atoms with Crippen LogP contribution in [0.25, 0.3) is 0 Å². The van der Waals surface area contributed by atoms with Crippen molar-refractivity contribution in [3.8, 4) is 0 Å². The monoisotopic (exact) mass is 276 g/mol. The molecule has 0 saturated heterocycles. The van der Waals surface area contributed by atoms with Gasteiger partial charge in [0.15, 0.2) is 0 Å². The topological polar surface area (TPSA) is 20.2 Å². The first-order valence-electron chi connectivity index (χ1n) is 3.95. The van der Waals surface area contributed by atoms with Gasteiger partial charge in [0.05, 0.1) is 5.60 Å². The molecular formula is C10H13IO. The van der Waals surface area contributed by atoms with Crippen molar-refractivity contribution in [2.45, 2.75) is 25.9 Å². The Bertz CT molecular complexity index is 263. The zero-order chi connectivity index (χ0) is 9.19. The Balaban J connectivity index is 2.83. The lowest BCUT2D eigenvalue weighted by Crippen LogP contribution is -2.22. The van der Waals surface area contributed by atoms with Crippen LogP contribution in [-0.2, 0) is 6.42 Å². The second-order valence-electron chi connectivity index (χ2n) is 3.58. The van der Waals surface area contributed by atoms with Crippen molar-refractivity contribution in [3.05, 3.63) is 33.4 Å². The predicted octanol–water partition coefficient (Wildman–Crippen LogP) is 2.60. The Hall–Kier alpha value is -0.0900. The minimum Gasteiger partial charge on any atom is -0.390 e. The number of halogens is 1. The first kappa shape index (κ1) is 9.99. The van der Waals surface area contributed by atoms with Crippen molar-refractivity contribution >= 4 is 22.6 Å². The van der Waals surface area contributed by atoms with E-state index in [0.717, 1.165) is 0 Å². The maximum atomic E-state index is 9.59. The fourth-order valence-corrected chi connectivity index (χ4v) is 1.69. The molecule has 0 aliphatic rings. The molecular weight excluding hydrogens is 263 g/mol. The van der Waals surface area contributed by atoms with Crippen LogP contribution in [-0.4, -0.2) is 10.7 Å². The van der Waals surface area contributed by atoms with Gasteiger partial charge >= 0.3 is 0 Å². The summed E-state index contributed by atoms with van der Waals surface area (Å²) < 4.78 is 1.22. The molecule has 1 N–H and O–H groups in total. The van der Waals surface area contributed by atoms with Crippen molar-refractivity contribution < 1.29 is 5.11 Å². The molecule has 0 radical (unpaired) electrons. The highest BCUT2D eigenvalue weighted by molar-refractivity contribution is 14.1. The van der Waals surface area contributed by atoms with E-state index < -0.39 is 5.60 Å². The van der Waals surface area contributed by atoms with Gasteiger partial charge in [-0.25, -0.2) is 0 Å². The zero-order valence-electron chi connectivity index (χ0n) is 7.34. The van der Waals surface area contributed by atoms with Crippen LogP contribution in [0, 0.1) is 3.57 Å². The van der Waals surface area contributed by atoms with E-state index in [9.17, 15) is 5.11 Å². The zero-order valence-corrected chi connectivity index (χ0v) is 9.50. The number of benzene rings is 1. The summed E-state index contributed by atoms with van der Waals surface area (Å²) in [7, 11) is 0. The van der Waals surface area contributed by atoms with Gasteiger partial charge in [-0.2, -0.15) is 0 Å². The Morgan fingerprint density at radius 2 is 1.92 bits per heavy atom. The van der Waals surface area contributed by atoms with Crippen molar-refractivity contribution in [1.29, 1.82) is 0 Å². The Labute approximate surface area is 86.9 Å². The van der Waals surface area contributed by atoms with Gasteiger partial charge < -0.3 is 5.11 Å². The summed E-state index contributed by atoms with van der Waals surface area (Å²) in [4.78, 5) is 0. The van der Waals surface area contributed by atoms with E-state index in [1.807, 2.05) is 26.0 Å². The van der Waals surface area contributed by atoms with Crippen LogP contribution in [0.3, 0.4) is 0 Å². The fourth-order valence-electron chi connectivity index (χ4n) is 1.11. The lowest BCUT2D eigenvalue weighted by Gasteiger charge is -2.17. The van der Waals surface area contributed by atoms with Crippen molar-refractivity contribution in [2.75, 3.05) is 0 Å². The normalized spacial score (nSPS) is 11.7. The molecule has 1 aromatic carbocycles. The molecule has 2 heteroatoms. The van der Waals surface area contributed by atoms with E-state index in [1.165, 1.54) is 9.13 Å². The van der Waals surface area contributed by atoms with Gasteiger partial charge in [-0.05, 0) is 48.1 Å². The third-order valence-electron chi connectivity index (χ3n) is 1.58. The van der Waals surface area contributed by atoms with Crippen LogP contribution < -0.4 is 0 Å². The van der Waals surface area contributed by atoms with E-state index in [4.69, 9.17) is 0 Å². The molecule has 0 atom stereocenters. The average Bonchev–Trinajstić information content (AvgIpc) is 1.91. The molecule has 1 nitrogen and oxygen atoms in total. The Morgan fingerprint density at radius 1 is 1.33 bits per heavy atom. The summed E-state index contributed by atoms with van der Waals surface area (Å²) in [5.74, 6) is 0. The Kier molecular flexibility index (Phi) is 3.12. The molecule has 0 amide bonds. The van der Waals surface area contributed by atoms with Gasteiger partial charge in [0.1, 0.15) is 0 Å². The smallest absolute Gasteiger partial charge is 0.0632 e. The van der Waals surface area contributed by atoms with Gasteiger partial charge in [0.25, 0.3) is 0 Å². The van der Waals surface area contributed by atoms with Crippen LogP contribution in [0.5, 0.6) is 0 Å². The van der Waals surface area contributed by atoms with Gasteiger partial charge in [-0.3, -0.25) is 0 Å². The third kappa shape index (κ3) is 3.11. The Morgan fingerprint density at radius 3 is 2.42 bits per heavy atom. The number of hydrogen-bond donors (Lipinski definition) is 1. The van der Waals surface area contributed by atoms with E-state index >= 15 is 0 Å². The highest BCUT2D eigenvalue weighted by Gasteiger charge is 2.14. The summed E-state index contributed by atoms with van der Waals surface area (Å²) in [5, 5.41) is 9.59. The van der Waals surface area contributed by atoms with Crippen molar-refractivity contribution in [1.82, 2.24) is 0 Å². The first-order chi connectivity index (χ1) is 5.49. The van der Waals surface area contributed by atoms with Gasteiger partial charge in [0, 0.05) is 9.99 Å². The molecule has 0 aromatic heterocycles. The molecule has 0 heterocycles. The van der Waals surface area contributed by atoms with E-state index in [1.54, 1.807) is 0 Å². The first-order valence-corrected chi connectivity index (χ1v) is 5.03. The molecule has 1 aromatic rings. The minimum absolute atomic E-state index is 0.610. The average molecular weight is 276 g/mol. The third-order valence-corrected chi connectivity index (χ3v) is 2.63.